The monoisotopic (exact) mass is 275 g/mol. The van der Waals surface area contributed by atoms with Crippen molar-refractivity contribution in [2.45, 2.75) is 76.5 Å². The van der Waals surface area contributed by atoms with E-state index in [1.54, 1.807) is 0 Å². The summed E-state index contributed by atoms with van der Waals surface area (Å²) >= 11 is 0. The predicted octanol–water partition coefficient (Wildman–Crippen LogP) is 3.68. The van der Waals surface area contributed by atoms with Crippen LogP contribution in [0.5, 0.6) is 0 Å². The van der Waals surface area contributed by atoms with Crippen LogP contribution in [0.2, 0.25) is 0 Å². The van der Waals surface area contributed by atoms with E-state index in [4.69, 9.17) is 0 Å². The minimum absolute atomic E-state index is 0.184. The second-order valence-electron chi connectivity index (χ2n) is 6.17. The van der Waals surface area contributed by atoms with Crippen molar-refractivity contribution in [1.82, 2.24) is 5.32 Å². The van der Waals surface area contributed by atoms with E-state index in [-0.39, 0.29) is 12.1 Å². The first-order chi connectivity index (χ1) is 9.79. The third kappa shape index (κ3) is 4.92. The number of aliphatic hydroxyl groups excluding tert-OH is 1. The van der Waals surface area contributed by atoms with E-state index in [1.165, 1.54) is 44.1 Å². The summed E-state index contributed by atoms with van der Waals surface area (Å²) in [6.45, 7) is 2.25. The second-order valence-corrected chi connectivity index (χ2v) is 6.17. The molecule has 1 heterocycles. The van der Waals surface area contributed by atoms with E-state index in [2.05, 4.69) is 36.5 Å². The van der Waals surface area contributed by atoms with Crippen LogP contribution in [0, 0.1) is 0 Å². The highest BCUT2D eigenvalue weighted by Gasteiger charge is 2.31. The van der Waals surface area contributed by atoms with E-state index < -0.39 is 0 Å². The molecule has 0 radical (unpaired) electrons. The number of aliphatic hydroxyl groups is 1. The number of unbranched alkanes of at least 4 members (excludes halogenated alkanes) is 4. The minimum atomic E-state index is -0.184. The van der Waals surface area contributed by atoms with Crippen molar-refractivity contribution in [3.05, 3.63) is 35.9 Å². The summed E-state index contributed by atoms with van der Waals surface area (Å²) in [6, 6.07) is 11.2. The summed E-state index contributed by atoms with van der Waals surface area (Å²) < 4.78 is 0. The van der Waals surface area contributed by atoms with Crippen LogP contribution < -0.4 is 5.32 Å². The van der Waals surface area contributed by atoms with Crippen LogP contribution in [0.25, 0.3) is 0 Å². The molecule has 0 aromatic heterocycles. The van der Waals surface area contributed by atoms with Crippen molar-refractivity contribution in [1.29, 1.82) is 0 Å². The summed E-state index contributed by atoms with van der Waals surface area (Å²) in [7, 11) is 0. The molecule has 20 heavy (non-hydrogen) atoms. The van der Waals surface area contributed by atoms with E-state index in [0.717, 1.165) is 12.8 Å². The van der Waals surface area contributed by atoms with Gasteiger partial charge in [-0.05, 0) is 24.8 Å². The van der Waals surface area contributed by atoms with Crippen LogP contribution in [0.3, 0.4) is 0 Å². The van der Waals surface area contributed by atoms with Gasteiger partial charge in [0.1, 0.15) is 0 Å². The highest BCUT2D eigenvalue weighted by Crippen LogP contribution is 2.21. The van der Waals surface area contributed by atoms with Crippen LogP contribution in [0.4, 0.5) is 0 Å². The van der Waals surface area contributed by atoms with E-state index in [1.807, 2.05) is 6.07 Å². The third-order valence-corrected chi connectivity index (χ3v) is 4.39. The Morgan fingerprint density at radius 3 is 2.60 bits per heavy atom. The third-order valence-electron chi connectivity index (χ3n) is 4.39. The Bertz CT molecular complexity index is 365. The van der Waals surface area contributed by atoms with Gasteiger partial charge >= 0.3 is 0 Å². The van der Waals surface area contributed by atoms with Gasteiger partial charge in [-0.15, -0.1) is 0 Å². The van der Waals surface area contributed by atoms with Gasteiger partial charge < -0.3 is 10.4 Å². The fourth-order valence-electron chi connectivity index (χ4n) is 3.20. The Morgan fingerprint density at radius 1 is 1.10 bits per heavy atom. The van der Waals surface area contributed by atoms with Crippen molar-refractivity contribution in [3.8, 4) is 0 Å². The summed E-state index contributed by atoms with van der Waals surface area (Å²) in [5.74, 6) is 0. The van der Waals surface area contributed by atoms with Crippen molar-refractivity contribution in [2.75, 3.05) is 0 Å². The summed E-state index contributed by atoms with van der Waals surface area (Å²) in [6.07, 6.45) is 9.55. The van der Waals surface area contributed by atoms with Gasteiger partial charge in [0, 0.05) is 12.1 Å². The zero-order valence-corrected chi connectivity index (χ0v) is 12.7. The maximum Gasteiger partial charge on any atom is 0.0711 e. The Hall–Kier alpha value is -0.860. The number of benzene rings is 1. The molecule has 1 aromatic carbocycles. The fourth-order valence-corrected chi connectivity index (χ4v) is 3.20. The van der Waals surface area contributed by atoms with E-state index in [9.17, 15) is 5.11 Å². The Morgan fingerprint density at radius 2 is 1.85 bits per heavy atom. The van der Waals surface area contributed by atoms with E-state index >= 15 is 0 Å². The number of hydrogen-bond acceptors (Lipinski definition) is 2. The SMILES string of the molecule is CCCCCCC[C@@H]1C[C@H](O)[C@H](Cc2ccccc2)N1. The molecule has 0 saturated carbocycles. The molecule has 0 spiro atoms. The van der Waals surface area contributed by atoms with Crippen molar-refractivity contribution in [3.63, 3.8) is 0 Å². The molecule has 1 fully saturated rings. The van der Waals surface area contributed by atoms with Crippen molar-refractivity contribution in [2.24, 2.45) is 0 Å². The molecule has 1 aliphatic heterocycles. The fraction of sp³-hybridized carbons (Fsp3) is 0.667. The molecule has 3 atom stereocenters. The Labute approximate surface area is 123 Å². The quantitative estimate of drug-likeness (QED) is 0.709. The number of nitrogens with one attached hydrogen (secondary N) is 1. The zero-order valence-electron chi connectivity index (χ0n) is 12.7. The van der Waals surface area contributed by atoms with Gasteiger partial charge in [-0.1, -0.05) is 69.4 Å². The molecule has 2 nitrogen and oxygen atoms in total. The average molecular weight is 275 g/mol. The van der Waals surface area contributed by atoms with Gasteiger partial charge in [0.05, 0.1) is 6.10 Å². The number of hydrogen-bond donors (Lipinski definition) is 2. The van der Waals surface area contributed by atoms with Gasteiger partial charge in [0.15, 0.2) is 0 Å². The van der Waals surface area contributed by atoms with Crippen LogP contribution in [0.15, 0.2) is 30.3 Å². The summed E-state index contributed by atoms with van der Waals surface area (Å²) in [5, 5.41) is 13.8. The number of rotatable bonds is 8. The summed E-state index contributed by atoms with van der Waals surface area (Å²) in [4.78, 5) is 0. The van der Waals surface area contributed by atoms with Crippen LogP contribution in [-0.4, -0.2) is 23.3 Å². The highest BCUT2D eigenvalue weighted by atomic mass is 16.3. The lowest BCUT2D eigenvalue weighted by Gasteiger charge is -2.15. The Balaban J connectivity index is 1.69. The van der Waals surface area contributed by atoms with Crippen LogP contribution >= 0.6 is 0 Å². The predicted molar refractivity (Wildman–Crippen MR) is 84.9 cm³/mol. The van der Waals surface area contributed by atoms with Gasteiger partial charge in [-0.3, -0.25) is 0 Å². The normalized spacial score (nSPS) is 26.0. The molecule has 1 aromatic rings. The lowest BCUT2D eigenvalue weighted by atomic mass is 10.0. The van der Waals surface area contributed by atoms with Crippen LogP contribution in [0.1, 0.15) is 57.4 Å². The van der Waals surface area contributed by atoms with E-state index in [0.29, 0.717) is 6.04 Å². The molecule has 112 valence electrons. The smallest absolute Gasteiger partial charge is 0.0711 e. The molecular weight excluding hydrogens is 246 g/mol. The molecule has 2 rings (SSSR count). The maximum absolute atomic E-state index is 10.2. The van der Waals surface area contributed by atoms with Gasteiger partial charge in [0.25, 0.3) is 0 Å². The lowest BCUT2D eigenvalue weighted by Crippen LogP contribution is -2.35. The first kappa shape index (κ1) is 15.5. The first-order valence-electron chi connectivity index (χ1n) is 8.27. The van der Waals surface area contributed by atoms with Crippen LogP contribution in [-0.2, 0) is 6.42 Å². The Kier molecular flexibility index (Phi) is 6.55. The molecule has 2 heteroatoms. The molecule has 2 N–H and O–H groups in total. The lowest BCUT2D eigenvalue weighted by molar-refractivity contribution is 0.158. The molecule has 0 bridgehead atoms. The highest BCUT2D eigenvalue weighted by molar-refractivity contribution is 5.17. The second kappa shape index (κ2) is 8.43. The molecule has 1 aliphatic rings. The van der Waals surface area contributed by atoms with Gasteiger partial charge in [-0.2, -0.15) is 0 Å². The zero-order chi connectivity index (χ0) is 14.2. The van der Waals surface area contributed by atoms with Gasteiger partial charge in [-0.25, -0.2) is 0 Å². The first-order valence-corrected chi connectivity index (χ1v) is 8.27. The molecule has 0 unspecified atom stereocenters. The van der Waals surface area contributed by atoms with Crippen molar-refractivity contribution < 1.29 is 5.11 Å². The molecule has 0 aliphatic carbocycles. The average Bonchev–Trinajstić information content (AvgIpc) is 2.80. The molecular formula is C18H29NO. The standard InChI is InChI=1S/C18H29NO/c1-2-3-4-5-9-12-16-14-18(20)17(19-16)13-15-10-7-6-8-11-15/h6-8,10-11,16-20H,2-5,9,12-14H2,1H3/t16-,17+,18+/m1/s1. The maximum atomic E-state index is 10.2. The van der Waals surface area contributed by atoms with Crippen molar-refractivity contribution >= 4 is 0 Å². The molecule has 0 amide bonds. The minimum Gasteiger partial charge on any atom is -0.391 e. The topological polar surface area (TPSA) is 32.3 Å². The largest absolute Gasteiger partial charge is 0.391 e. The van der Waals surface area contributed by atoms with Gasteiger partial charge in [0.2, 0.25) is 0 Å². The summed E-state index contributed by atoms with van der Waals surface area (Å²) in [5.41, 5.74) is 1.31. The molecule has 1 saturated heterocycles.